The molecule has 14 heavy (non-hydrogen) atoms. The summed E-state index contributed by atoms with van der Waals surface area (Å²) in [5, 5.41) is 0. The second kappa shape index (κ2) is 7.24. The monoisotopic (exact) mass is 198 g/mol. The van der Waals surface area contributed by atoms with Crippen molar-refractivity contribution >= 4 is 0 Å². The fraction of sp³-hybridized carbons (Fsp3) is 1.00. The Hall–Kier alpha value is -0.0800. The average molecular weight is 198 g/mol. The van der Waals surface area contributed by atoms with Crippen LogP contribution >= 0.6 is 0 Å². The lowest BCUT2D eigenvalue weighted by Crippen LogP contribution is -2.39. The minimum Gasteiger partial charge on any atom is -0.330 e. The van der Waals surface area contributed by atoms with Gasteiger partial charge in [-0.2, -0.15) is 0 Å². The lowest BCUT2D eigenvalue weighted by atomic mass is 9.99. The van der Waals surface area contributed by atoms with E-state index in [4.69, 9.17) is 5.73 Å². The van der Waals surface area contributed by atoms with Gasteiger partial charge in [-0.25, -0.2) is 0 Å². The van der Waals surface area contributed by atoms with Crippen LogP contribution in [0.2, 0.25) is 0 Å². The molecule has 0 saturated carbocycles. The zero-order valence-corrected chi connectivity index (χ0v) is 9.67. The van der Waals surface area contributed by atoms with Crippen LogP contribution in [0.4, 0.5) is 0 Å². The number of rotatable bonds is 6. The van der Waals surface area contributed by atoms with Gasteiger partial charge in [0, 0.05) is 6.04 Å². The number of unbranched alkanes of at least 4 members (excludes halogenated alkanes) is 2. The van der Waals surface area contributed by atoms with Crippen LogP contribution in [-0.2, 0) is 0 Å². The normalized spacial score (nSPS) is 24.0. The van der Waals surface area contributed by atoms with Gasteiger partial charge in [0.15, 0.2) is 0 Å². The van der Waals surface area contributed by atoms with E-state index in [0.717, 1.165) is 12.6 Å². The van der Waals surface area contributed by atoms with Crippen molar-refractivity contribution in [3.63, 3.8) is 0 Å². The second-order valence-corrected chi connectivity index (χ2v) is 4.44. The van der Waals surface area contributed by atoms with Crippen molar-refractivity contribution in [3.05, 3.63) is 0 Å². The van der Waals surface area contributed by atoms with Gasteiger partial charge in [-0.3, -0.25) is 0 Å². The summed E-state index contributed by atoms with van der Waals surface area (Å²) in [4.78, 5) is 2.69. The highest BCUT2D eigenvalue weighted by atomic mass is 15.2. The fourth-order valence-electron chi connectivity index (χ4n) is 2.45. The first-order valence-electron chi connectivity index (χ1n) is 6.32. The number of hydrogen-bond donors (Lipinski definition) is 1. The Morgan fingerprint density at radius 1 is 1.21 bits per heavy atom. The standard InChI is InChI=1S/C12H26N2/c1-2-12-8-4-7-11-14(12)10-6-3-5-9-13/h12H,2-11,13H2,1H3/t12-/m0/s1. The molecular formula is C12H26N2. The molecule has 2 heteroatoms. The molecule has 0 aromatic rings. The van der Waals surface area contributed by atoms with E-state index in [1.54, 1.807) is 0 Å². The molecular weight excluding hydrogens is 172 g/mol. The average Bonchev–Trinajstić information content (AvgIpc) is 2.25. The maximum absolute atomic E-state index is 5.49. The van der Waals surface area contributed by atoms with Crippen LogP contribution in [0.25, 0.3) is 0 Å². The Bertz CT molecular complexity index is 136. The van der Waals surface area contributed by atoms with E-state index < -0.39 is 0 Å². The molecule has 1 aliphatic heterocycles. The van der Waals surface area contributed by atoms with Gasteiger partial charge in [0.05, 0.1) is 0 Å². The predicted molar refractivity (Wildman–Crippen MR) is 62.4 cm³/mol. The molecule has 1 fully saturated rings. The number of piperidine rings is 1. The number of nitrogens with zero attached hydrogens (tertiary/aromatic N) is 1. The maximum Gasteiger partial charge on any atom is 0.00926 e. The summed E-state index contributed by atoms with van der Waals surface area (Å²) < 4.78 is 0. The molecule has 0 aromatic heterocycles. The van der Waals surface area contributed by atoms with Crippen molar-refractivity contribution < 1.29 is 0 Å². The lowest BCUT2D eigenvalue weighted by molar-refractivity contribution is 0.141. The van der Waals surface area contributed by atoms with Crippen LogP contribution in [-0.4, -0.2) is 30.6 Å². The van der Waals surface area contributed by atoms with Crippen molar-refractivity contribution in [1.82, 2.24) is 4.90 Å². The summed E-state index contributed by atoms with van der Waals surface area (Å²) in [5.74, 6) is 0. The van der Waals surface area contributed by atoms with Crippen molar-refractivity contribution in [1.29, 1.82) is 0 Å². The Morgan fingerprint density at radius 3 is 2.79 bits per heavy atom. The van der Waals surface area contributed by atoms with Crippen molar-refractivity contribution in [2.45, 2.75) is 57.9 Å². The number of hydrogen-bond acceptors (Lipinski definition) is 2. The molecule has 1 saturated heterocycles. The smallest absolute Gasteiger partial charge is 0.00926 e. The Balaban J connectivity index is 2.13. The first kappa shape index (κ1) is 12.0. The molecule has 1 atom stereocenters. The highest BCUT2D eigenvalue weighted by Crippen LogP contribution is 2.19. The summed E-state index contributed by atoms with van der Waals surface area (Å²) in [6, 6.07) is 0.877. The Labute approximate surface area is 88.8 Å². The SMILES string of the molecule is CC[C@H]1CCCCN1CCCCCN. The molecule has 1 heterocycles. The first-order valence-corrected chi connectivity index (χ1v) is 6.32. The van der Waals surface area contributed by atoms with Gasteiger partial charge in [-0.05, 0) is 51.7 Å². The largest absolute Gasteiger partial charge is 0.330 e. The van der Waals surface area contributed by atoms with Crippen molar-refractivity contribution in [2.75, 3.05) is 19.6 Å². The third-order valence-corrected chi connectivity index (χ3v) is 3.37. The summed E-state index contributed by atoms with van der Waals surface area (Å²) in [6.45, 7) is 5.82. The summed E-state index contributed by atoms with van der Waals surface area (Å²) >= 11 is 0. The quantitative estimate of drug-likeness (QED) is 0.664. The van der Waals surface area contributed by atoms with Crippen LogP contribution < -0.4 is 5.73 Å². The van der Waals surface area contributed by atoms with E-state index in [1.165, 1.54) is 58.0 Å². The van der Waals surface area contributed by atoms with E-state index in [0.29, 0.717) is 0 Å². The van der Waals surface area contributed by atoms with Gasteiger partial charge < -0.3 is 10.6 Å². The van der Waals surface area contributed by atoms with Crippen molar-refractivity contribution in [2.24, 2.45) is 5.73 Å². The van der Waals surface area contributed by atoms with Crippen LogP contribution in [0.3, 0.4) is 0 Å². The lowest BCUT2D eigenvalue weighted by Gasteiger charge is -2.35. The molecule has 0 aliphatic carbocycles. The molecule has 2 N–H and O–H groups in total. The van der Waals surface area contributed by atoms with E-state index in [-0.39, 0.29) is 0 Å². The molecule has 1 aliphatic rings. The van der Waals surface area contributed by atoms with E-state index in [2.05, 4.69) is 11.8 Å². The molecule has 0 spiro atoms. The zero-order chi connectivity index (χ0) is 10.2. The van der Waals surface area contributed by atoms with Gasteiger partial charge in [0.25, 0.3) is 0 Å². The molecule has 1 rings (SSSR count). The molecule has 0 amide bonds. The van der Waals surface area contributed by atoms with Gasteiger partial charge in [-0.15, -0.1) is 0 Å². The minimum absolute atomic E-state index is 0.858. The van der Waals surface area contributed by atoms with Gasteiger partial charge in [0.1, 0.15) is 0 Å². The van der Waals surface area contributed by atoms with E-state index in [9.17, 15) is 0 Å². The third-order valence-electron chi connectivity index (χ3n) is 3.37. The summed E-state index contributed by atoms with van der Waals surface area (Å²) in [6.07, 6.45) is 9.46. The molecule has 0 bridgehead atoms. The summed E-state index contributed by atoms with van der Waals surface area (Å²) in [7, 11) is 0. The van der Waals surface area contributed by atoms with Crippen LogP contribution in [0, 0.1) is 0 Å². The van der Waals surface area contributed by atoms with Crippen molar-refractivity contribution in [3.8, 4) is 0 Å². The second-order valence-electron chi connectivity index (χ2n) is 4.44. The summed E-state index contributed by atoms with van der Waals surface area (Å²) in [5.41, 5.74) is 5.49. The predicted octanol–water partition coefficient (Wildman–Crippen LogP) is 2.38. The van der Waals surface area contributed by atoms with Gasteiger partial charge in [0.2, 0.25) is 0 Å². The Morgan fingerprint density at radius 2 is 2.07 bits per heavy atom. The molecule has 0 radical (unpaired) electrons. The van der Waals surface area contributed by atoms with E-state index >= 15 is 0 Å². The first-order chi connectivity index (χ1) is 6.88. The number of likely N-dealkylation sites (tertiary alicyclic amines) is 1. The third kappa shape index (κ3) is 3.97. The highest BCUT2D eigenvalue weighted by Gasteiger charge is 2.19. The highest BCUT2D eigenvalue weighted by molar-refractivity contribution is 4.75. The fourth-order valence-corrected chi connectivity index (χ4v) is 2.45. The number of nitrogens with two attached hydrogens (primary N) is 1. The molecule has 2 nitrogen and oxygen atoms in total. The van der Waals surface area contributed by atoms with Crippen LogP contribution in [0.1, 0.15) is 51.9 Å². The minimum atomic E-state index is 0.858. The van der Waals surface area contributed by atoms with Crippen LogP contribution in [0.5, 0.6) is 0 Å². The van der Waals surface area contributed by atoms with E-state index in [1.807, 2.05) is 0 Å². The van der Waals surface area contributed by atoms with Crippen LogP contribution in [0.15, 0.2) is 0 Å². The molecule has 84 valence electrons. The molecule has 0 aromatic carbocycles. The van der Waals surface area contributed by atoms with Gasteiger partial charge in [-0.1, -0.05) is 19.8 Å². The maximum atomic E-state index is 5.49. The van der Waals surface area contributed by atoms with Gasteiger partial charge >= 0.3 is 0 Å². The molecule has 0 unspecified atom stereocenters. The zero-order valence-electron chi connectivity index (χ0n) is 9.67. The Kier molecular flexibility index (Phi) is 6.20. The topological polar surface area (TPSA) is 29.3 Å².